The number of epoxide rings is 1. The second-order valence-electron chi connectivity index (χ2n) is 4.04. The Labute approximate surface area is 74.9 Å². The zero-order chi connectivity index (χ0) is 8.39. The van der Waals surface area contributed by atoms with Crippen LogP contribution in [0.15, 0.2) is 0 Å². The molecule has 2 aliphatic rings. The molecule has 1 aliphatic carbocycles. The van der Waals surface area contributed by atoms with Crippen molar-refractivity contribution in [3.8, 4) is 0 Å². The number of rotatable bonds is 6. The van der Waals surface area contributed by atoms with Gasteiger partial charge in [-0.25, -0.2) is 0 Å². The van der Waals surface area contributed by atoms with Crippen LogP contribution in [-0.4, -0.2) is 36.7 Å². The lowest BCUT2D eigenvalue weighted by Crippen LogP contribution is -2.31. The molecule has 0 bridgehead atoms. The number of hydrogen-bond donors (Lipinski definition) is 0. The standard InChI is InChI=1S/C10H19NO/c1-2-3-6-11(9-4-5-9)7-10-8-12-10/h9-10H,2-8H2,1H3. The van der Waals surface area contributed by atoms with E-state index in [0.717, 1.165) is 12.6 Å². The van der Waals surface area contributed by atoms with E-state index in [0.29, 0.717) is 6.10 Å². The van der Waals surface area contributed by atoms with Crippen LogP contribution in [0.3, 0.4) is 0 Å². The predicted molar refractivity (Wildman–Crippen MR) is 49.2 cm³/mol. The Hall–Kier alpha value is -0.0800. The van der Waals surface area contributed by atoms with Gasteiger partial charge in [0.15, 0.2) is 0 Å². The molecule has 0 spiro atoms. The first kappa shape index (κ1) is 8.52. The first-order valence-corrected chi connectivity index (χ1v) is 5.26. The molecule has 1 heterocycles. The van der Waals surface area contributed by atoms with E-state index >= 15 is 0 Å². The summed E-state index contributed by atoms with van der Waals surface area (Å²) in [6.45, 7) is 5.76. The van der Waals surface area contributed by atoms with Crippen molar-refractivity contribution in [2.75, 3.05) is 19.7 Å². The third kappa shape index (κ3) is 2.46. The van der Waals surface area contributed by atoms with Crippen LogP contribution >= 0.6 is 0 Å². The number of ether oxygens (including phenoxy) is 1. The Bertz CT molecular complexity index is 141. The quantitative estimate of drug-likeness (QED) is 0.562. The summed E-state index contributed by atoms with van der Waals surface area (Å²) in [7, 11) is 0. The van der Waals surface area contributed by atoms with E-state index in [1.807, 2.05) is 0 Å². The van der Waals surface area contributed by atoms with Crippen LogP contribution in [0.25, 0.3) is 0 Å². The van der Waals surface area contributed by atoms with Gasteiger partial charge in [0.1, 0.15) is 0 Å². The van der Waals surface area contributed by atoms with Gasteiger partial charge in [0.2, 0.25) is 0 Å². The molecule has 70 valence electrons. The zero-order valence-electron chi connectivity index (χ0n) is 7.96. The molecule has 12 heavy (non-hydrogen) atoms. The maximum atomic E-state index is 5.26. The minimum absolute atomic E-state index is 0.586. The largest absolute Gasteiger partial charge is 0.372 e. The highest BCUT2D eigenvalue weighted by Gasteiger charge is 2.33. The van der Waals surface area contributed by atoms with Crippen molar-refractivity contribution in [1.29, 1.82) is 0 Å². The number of nitrogens with zero attached hydrogens (tertiary/aromatic N) is 1. The molecule has 2 rings (SSSR count). The van der Waals surface area contributed by atoms with Gasteiger partial charge >= 0.3 is 0 Å². The SMILES string of the molecule is CCCCN(CC1CO1)C1CC1. The van der Waals surface area contributed by atoms with Crippen molar-refractivity contribution >= 4 is 0 Å². The highest BCUT2D eigenvalue weighted by molar-refractivity contribution is 4.87. The van der Waals surface area contributed by atoms with E-state index in [1.165, 1.54) is 38.8 Å². The summed E-state index contributed by atoms with van der Waals surface area (Å²) in [5.74, 6) is 0. The van der Waals surface area contributed by atoms with Gasteiger partial charge in [-0.2, -0.15) is 0 Å². The average Bonchev–Trinajstić information content (AvgIpc) is 2.85. The second kappa shape index (κ2) is 3.75. The van der Waals surface area contributed by atoms with E-state index in [4.69, 9.17) is 4.74 Å². The number of hydrogen-bond acceptors (Lipinski definition) is 2. The Morgan fingerprint density at radius 1 is 1.42 bits per heavy atom. The molecule has 0 aromatic heterocycles. The summed E-state index contributed by atoms with van der Waals surface area (Å²) in [6.07, 6.45) is 6.10. The van der Waals surface area contributed by atoms with E-state index < -0.39 is 0 Å². The third-order valence-corrected chi connectivity index (χ3v) is 2.70. The molecule has 1 aliphatic heterocycles. The molecule has 0 amide bonds. The summed E-state index contributed by atoms with van der Waals surface area (Å²) >= 11 is 0. The molecular formula is C10H19NO. The Morgan fingerprint density at radius 3 is 2.67 bits per heavy atom. The lowest BCUT2D eigenvalue weighted by Gasteiger charge is -2.20. The molecule has 2 heteroatoms. The highest BCUT2D eigenvalue weighted by atomic mass is 16.6. The molecular weight excluding hydrogens is 150 g/mol. The zero-order valence-corrected chi connectivity index (χ0v) is 7.96. The maximum absolute atomic E-state index is 5.26. The summed E-state index contributed by atoms with van der Waals surface area (Å²) in [5.41, 5.74) is 0. The van der Waals surface area contributed by atoms with Crippen LogP contribution < -0.4 is 0 Å². The molecule has 2 fully saturated rings. The minimum Gasteiger partial charge on any atom is -0.372 e. The highest BCUT2D eigenvalue weighted by Crippen LogP contribution is 2.28. The Balaban J connectivity index is 1.68. The van der Waals surface area contributed by atoms with Gasteiger partial charge in [0.25, 0.3) is 0 Å². The molecule has 1 saturated heterocycles. The summed E-state index contributed by atoms with van der Waals surface area (Å²) in [4.78, 5) is 2.63. The Morgan fingerprint density at radius 2 is 2.17 bits per heavy atom. The fourth-order valence-corrected chi connectivity index (χ4v) is 1.66. The van der Waals surface area contributed by atoms with Crippen molar-refractivity contribution in [3.63, 3.8) is 0 Å². The van der Waals surface area contributed by atoms with Crippen molar-refractivity contribution < 1.29 is 4.74 Å². The van der Waals surface area contributed by atoms with E-state index in [9.17, 15) is 0 Å². The first-order valence-electron chi connectivity index (χ1n) is 5.26. The van der Waals surface area contributed by atoms with E-state index in [1.54, 1.807) is 0 Å². The van der Waals surface area contributed by atoms with Crippen LogP contribution in [0.1, 0.15) is 32.6 Å². The monoisotopic (exact) mass is 169 g/mol. The smallest absolute Gasteiger partial charge is 0.0936 e. The average molecular weight is 169 g/mol. The van der Waals surface area contributed by atoms with Crippen molar-refractivity contribution in [1.82, 2.24) is 4.90 Å². The fourth-order valence-electron chi connectivity index (χ4n) is 1.66. The van der Waals surface area contributed by atoms with Crippen molar-refractivity contribution in [2.24, 2.45) is 0 Å². The van der Waals surface area contributed by atoms with Gasteiger partial charge in [-0.3, -0.25) is 4.90 Å². The van der Waals surface area contributed by atoms with Gasteiger partial charge in [0, 0.05) is 12.6 Å². The molecule has 2 nitrogen and oxygen atoms in total. The third-order valence-electron chi connectivity index (χ3n) is 2.70. The molecule has 0 N–H and O–H groups in total. The number of unbranched alkanes of at least 4 members (excludes halogenated alkanes) is 1. The van der Waals surface area contributed by atoms with E-state index in [2.05, 4.69) is 11.8 Å². The normalized spacial score (nSPS) is 28.0. The van der Waals surface area contributed by atoms with Gasteiger partial charge < -0.3 is 4.74 Å². The van der Waals surface area contributed by atoms with Crippen LogP contribution in [0.4, 0.5) is 0 Å². The lowest BCUT2D eigenvalue weighted by molar-refractivity contribution is 0.230. The van der Waals surface area contributed by atoms with Gasteiger partial charge in [-0.05, 0) is 25.8 Å². The van der Waals surface area contributed by atoms with E-state index in [-0.39, 0.29) is 0 Å². The Kier molecular flexibility index (Phi) is 2.66. The van der Waals surface area contributed by atoms with Gasteiger partial charge in [-0.15, -0.1) is 0 Å². The van der Waals surface area contributed by atoms with Crippen LogP contribution in [0.5, 0.6) is 0 Å². The van der Waals surface area contributed by atoms with Crippen LogP contribution in [0.2, 0.25) is 0 Å². The molecule has 1 unspecified atom stereocenters. The fraction of sp³-hybridized carbons (Fsp3) is 1.00. The van der Waals surface area contributed by atoms with Gasteiger partial charge in [0.05, 0.1) is 12.7 Å². The topological polar surface area (TPSA) is 15.8 Å². The van der Waals surface area contributed by atoms with Gasteiger partial charge in [-0.1, -0.05) is 13.3 Å². The second-order valence-corrected chi connectivity index (χ2v) is 4.04. The molecule has 1 saturated carbocycles. The van der Waals surface area contributed by atoms with Crippen LogP contribution in [-0.2, 0) is 4.74 Å². The molecule has 0 aromatic carbocycles. The summed E-state index contributed by atoms with van der Waals surface area (Å²) in [6, 6.07) is 0.917. The van der Waals surface area contributed by atoms with Crippen molar-refractivity contribution in [3.05, 3.63) is 0 Å². The predicted octanol–water partition coefficient (Wildman–Crippen LogP) is 1.65. The van der Waals surface area contributed by atoms with Crippen LogP contribution in [0, 0.1) is 0 Å². The molecule has 0 aromatic rings. The first-order chi connectivity index (χ1) is 5.90. The summed E-state index contributed by atoms with van der Waals surface area (Å²) in [5, 5.41) is 0. The minimum atomic E-state index is 0.586. The molecule has 0 radical (unpaired) electrons. The van der Waals surface area contributed by atoms with Crippen molar-refractivity contribution in [2.45, 2.75) is 44.8 Å². The summed E-state index contributed by atoms with van der Waals surface area (Å²) < 4.78 is 5.26. The molecule has 1 atom stereocenters. The maximum Gasteiger partial charge on any atom is 0.0936 e. The lowest BCUT2D eigenvalue weighted by atomic mass is 10.3.